The molecule has 2 atom stereocenters. The van der Waals surface area contributed by atoms with Gasteiger partial charge in [-0.05, 0) is 53.7 Å². The van der Waals surface area contributed by atoms with Gasteiger partial charge in [-0.2, -0.15) is 0 Å². The van der Waals surface area contributed by atoms with Crippen molar-refractivity contribution in [3.63, 3.8) is 0 Å². The van der Waals surface area contributed by atoms with Gasteiger partial charge in [-0.15, -0.1) is 0 Å². The number of hydrogen-bond donors (Lipinski definition) is 1. The zero-order chi connectivity index (χ0) is 16.9. The summed E-state index contributed by atoms with van der Waals surface area (Å²) >= 11 is 0. The molecule has 0 spiro atoms. The number of amides is 1. The van der Waals surface area contributed by atoms with Crippen LogP contribution in [0.3, 0.4) is 0 Å². The maximum atomic E-state index is 12.5. The number of anilines is 1. The van der Waals surface area contributed by atoms with Crippen molar-refractivity contribution in [1.82, 2.24) is 4.90 Å². The van der Waals surface area contributed by atoms with Crippen LogP contribution in [0.25, 0.3) is 0 Å². The molecule has 1 amide bonds. The first-order valence-electron chi connectivity index (χ1n) is 9.24. The van der Waals surface area contributed by atoms with Crippen LogP contribution in [-0.4, -0.2) is 38.9 Å². The fraction of sp³-hybridized carbons (Fsp3) is 0.571. The summed E-state index contributed by atoms with van der Waals surface area (Å²) in [7, 11) is 0. The van der Waals surface area contributed by atoms with E-state index >= 15 is 0 Å². The fourth-order valence-corrected chi connectivity index (χ4v) is 4.85. The van der Waals surface area contributed by atoms with Gasteiger partial charge in [0.1, 0.15) is 0 Å². The SMILES string of the molecule is CC(C)(C)c1ccc(NC(=O)C=C2C3CC4CC2CN(C4)C3)cc1.[B]. The minimum absolute atomic E-state index is 0. The number of nitrogens with one attached hydrogen (secondary N) is 1. The molecule has 131 valence electrons. The lowest BCUT2D eigenvalue weighted by atomic mass is 9.65. The van der Waals surface area contributed by atoms with Gasteiger partial charge in [-0.25, -0.2) is 0 Å². The molecule has 4 fully saturated rings. The highest BCUT2D eigenvalue weighted by molar-refractivity contribution is 5.99. The summed E-state index contributed by atoms with van der Waals surface area (Å²) in [6, 6.07) is 8.25. The van der Waals surface area contributed by atoms with Crippen molar-refractivity contribution < 1.29 is 4.79 Å². The molecule has 3 saturated heterocycles. The molecule has 1 aliphatic carbocycles. The zero-order valence-corrected chi connectivity index (χ0v) is 15.6. The summed E-state index contributed by atoms with van der Waals surface area (Å²) in [5.41, 5.74) is 3.72. The van der Waals surface area contributed by atoms with E-state index in [-0.39, 0.29) is 19.7 Å². The van der Waals surface area contributed by atoms with E-state index in [4.69, 9.17) is 0 Å². The standard InChI is InChI=1S/C21H28N2O.B/c1-21(2,3)17-4-6-18(7-5-17)22-20(24)10-19-15-8-14-9-16(19)13-23(11-14)12-15;/h4-7,10,14-16H,8-9,11-13H2,1-3H3,(H,22,24);. The monoisotopic (exact) mass is 335 g/mol. The zero-order valence-electron chi connectivity index (χ0n) is 15.6. The van der Waals surface area contributed by atoms with E-state index in [1.165, 1.54) is 30.5 Å². The molecule has 1 aromatic rings. The average molecular weight is 335 g/mol. The maximum Gasteiger partial charge on any atom is 0.248 e. The molecule has 1 aromatic carbocycles. The summed E-state index contributed by atoms with van der Waals surface area (Å²) in [6.45, 7) is 10.2. The lowest BCUT2D eigenvalue weighted by molar-refractivity contribution is -0.112. The highest BCUT2D eigenvalue weighted by Gasteiger charge is 2.44. The Kier molecular flexibility index (Phi) is 4.85. The molecule has 3 heterocycles. The van der Waals surface area contributed by atoms with Gasteiger partial charge < -0.3 is 10.2 Å². The number of carbonyl (C=O) groups excluding carboxylic acids is 1. The van der Waals surface area contributed by atoms with E-state index in [9.17, 15) is 4.79 Å². The van der Waals surface area contributed by atoms with Crippen LogP contribution in [-0.2, 0) is 10.2 Å². The van der Waals surface area contributed by atoms with Gasteiger partial charge in [-0.1, -0.05) is 38.5 Å². The summed E-state index contributed by atoms with van der Waals surface area (Å²) in [5, 5.41) is 3.05. The number of rotatable bonds is 2. The molecular formula is C21H28BN2O. The van der Waals surface area contributed by atoms with Gasteiger partial charge in [0.15, 0.2) is 0 Å². The molecule has 3 radical (unpaired) electrons. The lowest BCUT2D eigenvalue weighted by Crippen LogP contribution is -2.54. The summed E-state index contributed by atoms with van der Waals surface area (Å²) in [6.07, 6.45) is 4.48. The highest BCUT2D eigenvalue weighted by Crippen LogP contribution is 2.46. The normalized spacial score (nSPS) is 30.0. The molecule has 25 heavy (non-hydrogen) atoms. The number of nitrogens with zero attached hydrogens (tertiary/aromatic N) is 1. The van der Waals surface area contributed by atoms with Crippen molar-refractivity contribution >= 4 is 20.0 Å². The largest absolute Gasteiger partial charge is 0.323 e. The molecule has 0 aromatic heterocycles. The van der Waals surface area contributed by atoms with E-state index in [2.05, 4.69) is 43.1 Å². The Hall–Kier alpha value is -1.55. The number of carbonyl (C=O) groups is 1. The van der Waals surface area contributed by atoms with Crippen LogP contribution in [0.15, 0.2) is 35.9 Å². The van der Waals surface area contributed by atoms with Gasteiger partial charge in [0, 0.05) is 39.8 Å². The highest BCUT2D eigenvalue weighted by atomic mass is 16.1. The van der Waals surface area contributed by atoms with Gasteiger partial charge in [0.2, 0.25) is 5.91 Å². The van der Waals surface area contributed by atoms with Crippen LogP contribution in [0.2, 0.25) is 0 Å². The van der Waals surface area contributed by atoms with E-state index in [0.717, 1.165) is 24.7 Å². The third-order valence-corrected chi connectivity index (χ3v) is 5.97. The van der Waals surface area contributed by atoms with Crippen molar-refractivity contribution in [1.29, 1.82) is 0 Å². The van der Waals surface area contributed by atoms with Crippen molar-refractivity contribution in [3.8, 4) is 0 Å². The lowest BCUT2D eigenvalue weighted by Gasteiger charge is -2.53. The second kappa shape index (κ2) is 6.64. The predicted octanol–water partition coefficient (Wildman–Crippen LogP) is 3.44. The average Bonchev–Trinajstić information content (AvgIpc) is 2.50. The molecule has 4 heteroatoms. The fourth-order valence-electron chi connectivity index (χ4n) is 4.85. The van der Waals surface area contributed by atoms with E-state index in [0.29, 0.717) is 11.8 Å². The Balaban J connectivity index is 0.00000182. The summed E-state index contributed by atoms with van der Waals surface area (Å²) in [4.78, 5) is 15.1. The van der Waals surface area contributed by atoms with E-state index in [1.807, 2.05) is 18.2 Å². The first-order valence-corrected chi connectivity index (χ1v) is 9.24. The van der Waals surface area contributed by atoms with Crippen molar-refractivity contribution in [2.75, 3.05) is 25.0 Å². The molecule has 1 saturated carbocycles. The van der Waals surface area contributed by atoms with Crippen molar-refractivity contribution in [2.45, 2.75) is 39.0 Å². The molecule has 4 aliphatic rings. The van der Waals surface area contributed by atoms with Crippen LogP contribution in [0.5, 0.6) is 0 Å². The van der Waals surface area contributed by atoms with E-state index < -0.39 is 0 Å². The maximum absolute atomic E-state index is 12.5. The second-order valence-corrected chi connectivity index (χ2v) is 8.91. The smallest absolute Gasteiger partial charge is 0.248 e. The van der Waals surface area contributed by atoms with Gasteiger partial charge in [0.05, 0.1) is 0 Å². The van der Waals surface area contributed by atoms with Crippen LogP contribution < -0.4 is 5.32 Å². The Morgan fingerprint density at radius 1 is 1.08 bits per heavy atom. The first kappa shape index (κ1) is 18.3. The third-order valence-electron chi connectivity index (χ3n) is 5.97. The van der Waals surface area contributed by atoms with Crippen LogP contribution in [0.1, 0.15) is 39.2 Å². The Morgan fingerprint density at radius 2 is 1.68 bits per heavy atom. The number of piperidine rings is 3. The van der Waals surface area contributed by atoms with Crippen LogP contribution in [0.4, 0.5) is 5.69 Å². The number of benzene rings is 1. The molecule has 2 unspecified atom stereocenters. The second-order valence-electron chi connectivity index (χ2n) is 8.91. The minimum atomic E-state index is 0. The minimum Gasteiger partial charge on any atom is -0.323 e. The first-order chi connectivity index (χ1) is 11.4. The molecule has 3 aliphatic heterocycles. The van der Waals surface area contributed by atoms with Crippen molar-refractivity contribution in [3.05, 3.63) is 41.5 Å². The molecule has 3 nitrogen and oxygen atoms in total. The Labute approximate surface area is 153 Å². The summed E-state index contributed by atoms with van der Waals surface area (Å²) in [5.74, 6) is 2.14. The van der Waals surface area contributed by atoms with Crippen LogP contribution >= 0.6 is 0 Å². The Bertz CT molecular complexity index is 642. The Morgan fingerprint density at radius 3 is 2.20 bits per heavy atom. The van der Waals surface area contributed by atoms with Gasteiger partial charge in [0.25, 0.3) is 0 Å². The molecular weight excluding hydrogens is 307 g/mol. The predicted molar refractivity (Wildman–Crippen MR) is 104 cm³/mol. The summed E-state index contributed by atoms with van der Waals surface area (Å²) < 4.78 is 0. The van der Waals surface area contributed by atoms with Crippen LogP contribution in [0, 0.1) is 17.8 Å². The van der Waals surface area contributed by atoms with Gasteiger partial charge in [-0.3, -0.25) is 4.79 Å². The topological polar surface area (TPSA) is 32.3 Å². The quantitative estimate of drug-likeness (QED) is 0.663. The molecule has 5 rings (SSSR count). The van der Waals surface area contributed by atoms with E-state index in [1.54, 1.807) is 0 Å². The van der Waals surface area contributed by atoms with Crippen molar-refractivity contribution in [2.24, 2.45) is 17.8 Å². The van der Waals surface area contributed by atoms with Gasteiger partial charge >= 0.3 is 0 Å². The molecule has 1 N–H and O–H groups in total. The number of hydrogen-bond acceptors (Lipinski definition) is 2. The third kappa shape index (κ3) is 3.69. The molecule has 4 bridgehead atoms.